The first-order valence-corrected chi connectivity index (χ1v) is 6.94. The van der Waals surface area contributed by atoms with Gasteiger partial charge in [0.1, 0.15) is 16.5 Å². The third kappa shape index (κ3) is 4.32. The van der Waals surface area contributed by atoms with Crippen molar-refractivity contribution in [1.82, 2.24) is 4.72 Å². The Labute approximate surface area is 105 Å². The van der Waals surface area contributed by atoms with Gasteiger partial charge in [0.2, 0.25) is 10.0 Å². The minimum Gasteiger partial charge on any atom is -0.393 e. The van der Waals surface area contributed by atoms with E-state index in [4.69, 9.17) is 5.11 Å². The van der Waals surface area contributed by atoms with Crippen LogP contribution in [-0.2, 0) is 10.0 Å². The molecule has 102 valence electrons. The van der Waals surface area contributed by atoms with Crippen LogP contribution in [0, 0.1) is 11.6 Å². The van der Waals surface area contributed by atoms with Crippen molar-refractivity contribution in [2.24, 2.45) is 0 Å². The standard InChI is InChI=1S/C11H15F2NO3S/c1-8(15)3-2-6-14-18(16,17)11-7-9(12)4-5-10(11)13/h4-5,7-8,14-15H,2-3,6H2,1H3. The smallest absolute Gasteiger partial charge is 0.243 e. The lowest BCUT2D eigenvalue weighted by Gasteiger charge is -2.08. The van der Waals surface area contributed by atoms with Crippen LogP contribution in [0.15, 0.2) is 23.1 Å². The molecule has 0 aromatic heterocycles. The molecule has 18 heavy (non-hydrogen) atoms. The summed E-state index contributed by atoms with van der Waals surface area (Å²) in [6.45, 7) is 1.64. The van der Waals surface area contributed by atoms with Gasteiger partial charge in [-0.3, -0.25) is 0 Å². The maximum absolute atomic E-state index is 13.3. The Morgan fingerprint density at radius 2 is 2.06 bits per heavy atom. The van der Waals surface area contributed by atoms with Crippen molar-refractivity contribution in [3.8, 4) is 0 Å². The molecule has 0 saturated carbocycles. The zero-order chi connectivity index (χ0) is 13.8. The second kappa shape index (κ2) is 6.21. The van der Waals surface area contributed by atoms with Gasteiger partial charge >= 0.3 is 0 Å². The van der Waals surface area contributed by atoms with Crippen molar-refractivity contribution in [3.05, 3.63) is 29.8 Å². The number of benzene rings is 1. The van der Waals surface area contributed by atoms with Crippen molar-refractivity contribution >= 4 is 10.0 Å². The van der Waals surface area contributed by atoms with Crippen molar-refractivity contribution in [1.29, 1.82) is 0 Å². The van der Waals surface area contributed by atoms with Gasteiger partial charge in [0.05, 0.1) is 6.10 Å². The predicted octanol–water partition coefficient (Wildman–Crippen LogP) is 1.40. The van der Waals surface area contributed by atoms with Gasteiger partial charge in [-0.1, -0.05) is 0 Å². The Hall–Kier alpha value is -1.05. The topological polar surface area (TPSA) is 66.4 Å². The first-order chi connectivity index (χ1) is 8.33. The highest BCUT2D eigenvalue weighted by Crippen LogP contribution is 2.15. The maximum Gasteiger partial charge on any atom is 0.243 e. The molecule has 2 N–H and O–H groups in total. The van der Waals surface area contributed by atoms with Gasteiger partial charge in [-0.15, -0.1) is 0 Å². The van der Waals surface area contributed by atoms with Crippen molar-refractivity contribution in [3.63, 3.8) is 0 Å². The van der Waals surface area contributed by atoms with Gasteiger partial charge in [0, 0.05) is 6.54 Å². The molecule has 7 heteroatoms. The first kappa shape index (κ1) is 15.0. The van der Waals surface area contributed by atoms with E-state index < -0.39 is 32.7 Å². The van der Waals surface area contributed by atoms with Crippen LogP contribution in [0.5, 0.6) is 0 Å². The number of aliphatic hydroxyl groups excluding tert-OH is 1. The Balaban J connectivity index is 2.71. The van der Waals surface area contributed by atoms with E-state index in [1.54, 1.807) is 6.92 Å². The van der Waals surface area contributed by atoms with Crippen molar-refractivity contribution < 1.29 is 22.3 Å². The molecule has 1 aromatic carbocycles. The Kier molecular flexibility index (Phi) is 5.18. The first-order valence-electron chi connectivity index (χ1n) is 5.45. The molecule has 0 saturated heterocycles. The van der Waals surface area contributed by atoms with E-state index in [2.05, 4.69) is 4.72 Å². The lowest BCUT2D eigenvalue weighted by atomic mass is 10.2. The SMILES string of the molecule is CC(O)CCCNS(=O)(=O)c1cc(F)ccc1F. The van der Waals surface area contributed by atoms with Crippen LogP contribution in [0.4, 0.5) is 8.78 Å². The maximum atomic E-state index is 13.3. The molecule has 0 aliphatic carbocycles. The molecule has 0 aliphatic heterocycles. The van der Waals surface area contributed by atoms with Gasteiger partial charge in [-0.2, -0.15) is 0 Å². The van der Waals surface area contributed by atoms with Gasteiger partial charge < -0.3 is 5.11 Å². The summed E-state index contributed by atoms with van der Waals surface area (Å²) >= 11 is 0. The summed E-state index contributed by atoms with van der Waals surface area (Å²) < 4.78 is 51.6. The third-order valence-corrected chi connectivity index (χ3v) is 3.75. The number of aliphatic hydroxyl groups is 1. The quantitative estimate of drug-likeness (QED) is 0.774. The van der Waals surface area contributed by atoms with Crippen molar-refractivity contribution in [2.45, 2.75) is 30.8 Å². The summed E-state index contributed by atoms with van der Waals surface area (Å²) in [6, 6.07) is 2.24. The van der Waals surface area contributed by atoms with Crippen molar-refractivity contribution in [2.75, 3.05) is 6.54 Å². The van der Waals surface area contributed by atoms with Gasteiger partial charge in [0.25, 0.3) is 0 Å². The van der Waals surface area contributed by atoms with Crippen LogP contribution in [0.2, 0.25) is 0 Å². The Morgan fingerprint density at radius 3 is 2.67 bits per heavy atom. The number of hydrogen-bond donors (Lipinski definition) is 2. The molecule has 0 heterocycles. The molecule has 0 amide bonds. The van der Waals surface area contributed by atoms with Crippen LogP contribution in [0.25, 0.3) is 0 Å². The number of sulfonamides is 1. The normalized spacial score (nSPS) is 13.6. The summed E-state index contributed by atoms with van der Waals surface area (Å²) in [6.07, 6.45) is 0.308. The molecule has 1 rings (SSSR count). The minimum absolute atomic E-state index is 0.0587. The second-order valence-corrected chi connectivity index (χ2v) is 5.70. The molecular formula is C11H15F2NO3S. The highest BCUT2D eigenvalue weighted by molar-refractivity contribution is 7.89. The predicted molar refractivity (Wildman–Crippen MR) is 62.5 cm³/mol. The van der Waals surface area contributed by atoms with Gasteiger partial charge in [-0.05, 0) is 38.0 Å². The third-order valence-electron chi connectivity index (χ3n) is 2.27. The Bertz CT molecular complexity index is 503. The molecule has 0 spiro atoms. The summed E-state index contributed by atoms with van der Waals surface area (Å²) in [5, 5.41) is 8.99. The molecule has 0 bridgehead atoms. The van der Waals surface area contributed by atoms with E-state index in [1.807, 2.05) is 0 Å². The van der Waals surface area contributed by atoms with Crippen LogP contribution >= 0.6 is 0 Å². The molecule has 0 fully saturated rings. The fraction of sp³-hybridized carbons (Fsp3) is 0.455. The van der Waals surface area contributed by atoms with Gasteiger partial charge in [-0.25, -0.2) is 21.9 Å². The van der Waals surface area contributed by atoms with Crippen LogP contribution in [0.3, 0.4) is 0 Å². The molecule has 0 aliphatic rings. The molecular weight excluding hydrogens is 264 g/mol. The van der Waals surface area contributed by atoms with E-state index in [0.29, 0.717) is 18.9 Å². The largest absolute Gasteiger partial charge is 0.393 e. The zero-order valence-electron chi connectivity index (χ0n) is 9.86. The van der Waals surface area contributed by atoms with Crippen LogP contribution in [-0.4, -0.2) is 26.2 Å². The monoisotopic (exact) mass is 279 g/mol. The fourth-order valence-electron chi connectivity index (χ4n) is 1.36. The summed E-state index contributed by atoms with van der Waals surface area (Å²) in [5.41, 5.74) is 0. The second-order valence-electron chi connectivity index (χ2n) is 3.96. The molecule has 1 aromatic rings. The summed E-state index contributed by atoms with van der Waals surface area (Å²) in [4.78, 5) is -0.709. The molecule has 0 radical (unpaired) electrons. The van der Waals surface area contributed by atoms with Crippen LogP contribution in [0.1, 0.15) is 19.8 Å². The van der Waals surface area contributed by atoms with E-state index in [0.717, 1.165) is 12.1 Å². The Morgan fingerprint density at radius 1 is 1.39 bits per heavy atom. The summed E-state index contributed by atoms with van der Waals surface area (Å²) in [5.74, 6) is -1.82. The highest BCUT2D eigenvalue weighted by Gasteiger charge is 2.19. The highest BCUT2D eigenvalue weighted by atomic mass is 32.2. The van der Waals surface area contributed by atoms with Gasteiger partial charge in [0.15, 0.2) is 0 Å². The minimum atomic E-state index is -4.06. The van der Waals surface area contributed by atoms with E-state index in [9.17, 15) is 17.2 Å². The molecule has 1 unspecified atom stereocenters. The van der Waals surface area contributed by atoms with E-state index in [-0.39, 0.29) is 6.54 Å². The molecule has 4 nitrogen and oxygen atoms in total. The lowest BCUT2D eigenvalue weighted by Crippen LogP contribution is -2.26. The summed E-state index contributed by atoms with van der Waals surface area (Å²) in [7, 11) is -4.06. The molecule has 1 atom stereocenters. The fourth-order valence-corrected chi connectivity index (χ4v) is 2.53. The number of halogens is 2. The average Bonchev–Trinajstić information content (AvgIpc) is 2.27. The van der Waals surface area contributed by atoms with E-state index in [1.165, 1.54) is 0 Å². The number of hydrogen-bond acceptors (Lipinski definition) is 3. The van der Waals surface area contributed by atoms with E-state index >= 15 is 0 Å². The lowest BCUT2D eigenvalue weighted by molar-refractivity contribution is 0.182. The number of nitrogens with one attached hydrogen (secondary N) is 1. The zero-order valence-corrected chi connectivity index (χ0v) is 10.7. The number of rotatable bonds is 6. The van der Waals surface area contributed by atoms with Crippen LogP contribution < -0.4 is 4.72 Å². The average molecular weight is 279 g/mol.